The molecule has 2 aromatic carbocycles. The molecule has 9 heteroatoms. The first-order chi connectivity index (χ1) is 16.6. The molecule has 0 bridgehead atoms. The Morgan fingerprint density at radius 2 is 2.00 bits per heavy atom. The van der Waals surface area contributed by atoms with Gasteiger partial charge in [0.25, 0.3) is 0 Å². The summed E-state index contributed by atoms with van der Waals surface area (Å²) in [6.45, 7) is 0.863. The van der Waals surface area contributed by atoms with Crippen molar-refractivity contribution in [2.45, 2.75) is 13.0 Å². The van der Waals surface area contributed by atoms with Crippen LogP contribution in [0.25, 0.3) is 16.9 Å². The summed E-state index contributed by atoms with van der Waals surface area (Å²) in [7, 11) is 1.58. The molecule has 5 rings (SSSR count). The fourth-order valence-corrected chi connectivity index (χ4v) is 4.53. The predicted molar refractivity (Wildman–Crippen MR) is 133 cm³/mol. The van der Waals surface area contributed by atoms with Crippen LogP contribution in [0.2, 0.25) is 0 Å². The van der Waals surface area contributed by atoms with Crippen LogP contribution in [0.3, 0.4) is 0 Å². The highest BCUT2D eigenvalue weighted by molar-refractivity contribution is 7.09. The third kappa shape index (κ3) is 4.25. The van der Waals surface area contributed by atoms with Gasteiger partial charge in [0, 0.05) is 23.1 Å². The molecule has 0 saturated heterocycles. The van der Waals surface area contributed by atoms with E-state index in [4.69, 9.17) is 9.72 Å². The number of hydrogen-bond donors (Lipinski definition) is 2. The number of benzene rings is 2. The first-order valence-electron chi connectivity index (χ1n) is 10.8. The van der Waals surface area contributed by atoms with Crippen LogP contribution in [0, 0.1) is 0 Å². The standard InChI is InChI=1S/C25H23N5O3S/c1-33-19-8-4-7-18(14-19)30-23-21(29(25(30)32)16-17-6-2-3-10-22(17)31)15-27-24(28-23)26-12-11-20-9-5-13-34-20/h2-10,13-15,31H,11-12,16H2,1H3,(H,26,27,28). The number of hydrogen-bond acceptors (Lipinski definition) is 7. The van der Waals surface area contributed by atoms with Crippen LogP contribution in [-0.4, -0.2) is 37.9 Å². The smallest absolute Gasteiger partial charge is 0.335 e. The van der Waals surface area contributed by atoms with Crippen LogP contribution in [0.5, 0.6) is 11.5 Å². The second-order valence-electron chi connectivity index (χ2n) is 7.69. The van der Waals surface area contributed by atoms with Gasteiger partial charge in [-0.3, -0.25) is 4.57 Å². The van der Waals surface area contributed by atoms with Gasteiger partial charge in [-0.15, -0.1) is 11.3 Å². The minimum Gasteiger partial charge on any atom is -0.508 e. The molecule has 0 spiro atoms. The number of nitrogens with one attached hydrogen (secondary N) is 1. The van der Waals surface area contributed by atoms with Gasteiger partial charge in [0.05, 0.1) is 25.5 Å². The number of anilines is 1. The molecular formula is C25H23N5O3S. The van der Waals surface area contributed by atoms with Crippen molar-refractivity contribution in [3.63, 3.8) is 0 Å². The van der Waals surface area contributed by atoms with Gasteiger partial charge in [-0.25, -0.2) is 14.3 Å². The van der Waals surface area contributed by atoms with E-state index in [1.165, 1.54) is 4.88 Å². The molecular weight excluding hydrogens is 450 g/mol. The van der Waals surface area contributed by atoms with Gasteiger partial charge in [0.1, 0.15) is 17.0 Å². The first-order valence-corrected chi connectivity index (χ1v) is 11.7. The number of thiophene rings is 1. The van der Waals surface area contributed by atoms with E-state index >= 15 is 0 Å². The number of fused-ring (bicyclic) bond motifs is 1. The maximum atomic E-state index is 13.6. The van der Waals surface area contributed by atoms with E-state index in [2.05, 4.69) is 21.7 Å². The Labute approximate surface area is 199 Å². The summed E-state index contributed by atoms with van der Waals surface area (Å²) < 4.78 is 8.47. The number of para-hydroxylation sites is 1. The van der Waals surface area contributed by atoms with Crippen molar-refractivity contribution in [3.8, 4) is 17.2 Å². The van der Waals surface area contributed by atoms with Gasteiger partial charge in [0.15, 0.2) is 5.65 Å². The zero-order chi connectivity index (χ0) is 23.5. The fourth-order valence-electron chi connectivity index (χ4n) is 3.82. The van der Waals surface area contributed by atoms with Crippen LogP contribution in [0.15, 0.2) is 77.0 Å². The van der Waals surface area contributed by atoms with Crippen molar-refractivity contribution in [1.29, 1.82) is 0 Å². The molecule has 0 radical (unpaired) electrons. The van der Waals surface area contributed by atoms with Gasteiger partial charge in [-0.05, 0) is 36.1 Å². The van der Waals surface area contributed by atoms with Gasteiger partial charge in [-0.2, -0.15) is 4.98 Å². The van der Waals surface area contributed by atoms with Crippen LogP contribution in [0.1, 0.15) is 10.4 Å². The Kier molecular flexibility index (Phi) is 6.01. The first kappa shape index (κ1) is 21.7. The zero-order valence-corrected chi connectivity index (χ0v) is 19.3. The Hall–Kier alpha value is -4.11. The maximum absolute atomic E-state index is 13.6. The molecule has 2 N–H and O–H groups in total. The predicted octanol–water partition coefficient (Wildman–Crippen LogP) is 4.06. The lowest BCUT2D eigenvalue weighted by Crippen LogP contribution is -2.23. The third-order valence-corrected chi connectivity index (χ3v) is 6.48. The number of rotatable bonds is 8. The largest absolute Gasteiger partial charge is 0.508 e. The summed E-state index contributed by atoms with van der Waals surface area (Å²) in [6, 6.07) is 18.4. The normalized spacial score (nSPS) is 11.1. The third-order valence-electron chi connectivity index (χ3n) is 5.54. The number of aromatic hydroxyl groups is 1. The molecule has 3 aromatic heterocycles. The van der Waals surface area contributed by atoms with Crippen LogP contribution < -0.4 is 15.7 Å². The van der Waals surface area contributed by atoms with Gasteiger partial charge >= 0.3 is 5.69 Å². The fraction of sp³-hybridized carbons (Fsp3) is 0.160. The molecule has 8 nitrogen and oxygen atoms in total. The number of phenols is 1. The number of ether oxygens (including phenoxy) is 1. The summed E-state index contributed by atoms with van der Waals surface area (Å²) in [5.74, 6) is 1.21. The molecule has 0 saturated carbocycles. The van der Waals surface area contributed by atoms with Gasteiger partial charge in [0.2, 0.25) is 5.95 Å². The Morgan fingerprint density at radius 3 is 2.79 bits per heavy atom. The van der Waals surface area contributed by atoms with E-state index in [-0.39, 0.29) is 18.0 Å². The quantitative estimate of drug-likeness (QED) is 0.353. The summed E-state index contributed by atoms with van der Waals surface area (Å²) in [6.07, 6.45) is 2.50. The average molecular weight is 474 g/mol. The molecule has 0 aliphatic rings. The van der Waals surface area contributed by atoms with Crippen molar-refractivity contribution in [3.05, 3.63) is 93.2 Å². The average Bonchev–Trinajstić information content (AvgIpc) is 3.46. The monoisotopic (exact) mass is 473 g/mol. The second kappa shape index (κ2) is 9.40. The Morgan fingerprint density at radius 1 is 1.12 bits per heavy atom. The minimum atomic E-state index is -0.281. The SMILES string of the molecule is COc1cccc(-n2c(=O)n(Cc3ccccc3O)c3cnc(NCCc4cccs4)nc32)c1. The Balaban J connectivity index is 1.58. The van der Waals surface area contributed by atoms with Crippen molar-refractivity contribution >= 4 is 28.4 Å². The van der Waals surface area contributed by atoms with Gasteiger partial charge < -0.3 is 15.2 Å². The van der Waals surface area contributed by atoms with E-state index in [0.717, 1.165) is 6.42 Å². The molecule has 34 heavy (non-hydrogen) atoms. The lowest BCUT2D eigenvalue weighted by atomic mass is 10.2. The molecule has 0 fully saturated rings. The number of aromatic nitrogens is 4. The Bertz CT molecular complexity index is 1490. The van der Waals surface area contributed by atoms with Gasteiger partial charge in [-0.1, -0.05) is 30.3 Å². The molecule has 172 valence electrons. The number of methoxy groups -OCH3 is 1. The summed E-state index contributed by atoms with van der Waals surface area (Å²) in [5, 5.41) is 15.6. The summed E-state index contributed by atoms with van der Waals surface area (Å²) in [4.78, 5) is 24.0. The van der Waals surface area contributed by atoms with Crippen molar-refractivity contribution in [2.24, 2.45) is 0 Å². The van der Waals surface area contributed by atoms with E-state index in [0.29, 0.717) is 40.7 Å². The topological polar surface area (TPSA) is 94.2 Å². The summed E-state index contributed by atoms with van der Waals surface area (Å²) in [5.41, 5.74) is 2.03. The molecule has 5 aromatic rings. The lowest BCUT2D eigenvalue weighted by molar-refractivity contribution is 0.414. The highest BCUT2D eigenvalue weighted by Gasteiger charge is 2.19. The van der Waals surface area contributed by atoms with E-state index in [1.807, 2.05) is 30.3 Å². The van der Waals surface area contributed by atoms with E-state index < -0.39 is 0 Å². The number of phenolic OH excluding ortho intramolecular Hbond substituents is 1. The lowest BCUT2D eigenvalue weighted by Gasteiger charge is -2.07. The molecule has 0 aliphatic carbocycles. The number of nitrogens with zero attached hydrogens (tertiary/aromatic N) is 4. The van der Waals surface area contributed by atoms with Crippen molar-refractivity contribution in [1.82, 2.24) is 19.1 Å². The van der Waals surface area contributed by atoms with Crippen LogP contribution in [0.4, 0.5) is 5.95 Å². The molecule has 0 atom stereocenters. The van der Waals surface area contributed by atoms with E-state index in [1.54, 1.807) is 58.0 Å². The highest BCUT2D eigenvalue weighted by atomic mass is 32.1. The molecule has 3 heterocycles. The van der Waals surface area contributed by atoms with Crippen LogP contribution in [-0.2, 0) is 13.0 Å². The van der Waals surface area contributed by atoms with Crippen molar-refractivity contribution in [2.75, 3.05) is 19.0 Å². The highest BCUT2D eigenvalue weighted by Crippen LogP contribution is 2.23. The minimum absolute atomic E-state index is 0.129. The van der Waals surface area contributed by atoms with Crippen LogP contribution >= 0.6 is 11.3 Å². The molecule has 0 unspecified atom stereocenters. The molecule has 0 aliphatic heterocycles. The van der Waals surface area contributed by atoms with Crippen molar-refractivity contribution < 1.29 is 9.84 Å². The molecule has 0 amide bonds. The number of imidazole rings is 1. The van der Waals surface area contributed by atoms with E-state index in [9.17, 15) is 9.90 Å². The zero-order valence-electron chi connectivity index (χ0n) is 18.5. The second-order valence-corrected chi connectivity index (χ2v) is 8.73. The maximum Gasteiger partial charge on any atom is 0.335 e. The summed E-state index contributed by atoms with van der Waals surface area (Å²) >= 11 is 1.71.